The van der Waals surface area contributed by atoms with Crippen LogP contribution in [-0.2, 0) is 9.59 Å². The number of quaternary nitrogens is 1. The van der Waals surface area contributed by atoms with Crippen LogP contribution < -0.4 is 5.32 Å². The molecule has 1 rings (SSSR count). The highest BCUT2D eigenvalue weighted by Crippen LogP contribution is 2.29. The van der Waals surface area contributed by atoms with E-state index in [1.54, 1.807) is 11.9 Å². The fourth-order valence-electron chi connectivity index (χ4n) is 2.00. The van der Waals surface area contributed by atoms with E-state index in [9.17, 15) is 9.59 Å². The molecular weight excluding hydrogens is 264 g/mol. The number of aliphatic hydroxyl groups is 1. The van der Waals surface area contributed by atoms with E-state index in [1.807, 2.05) is 20.4 Å². The smallest absolute Gasteiger partial charge is 0.327 e. The summed E-state index contributed by atoms with van der Waals surface area (Å²) in [5, 5.41) is 10.2. The maximum absolute atomic E-state index is 12.0. The third-order valence-corrected chi connectivity index (χ3v) is 4.37. The van der Waals surface area contributed by atoms with Gasteiger partial charge in [0.15, 0.2) is 0 Å². The molecule has 6 heteroatoms. The summed E-state index contributed by atoms with van der Waals surface area (Å²) < 4.78 is 0.477. The zero-order valence-electron chi connectivity index (χ0n) is 12.2. The fraction of sp³-hybridized carbons (Fsp3) is 0.846. The molecule has 0 aromatic carbocycles. The van der Waals surface area contributed by atoms with Gasteiger partial charge in [0, 0.05) is 12.8 Å². The van der Waals surface area contributed by atoms with E-state index in [1.165, 1.54) is 19.3 Å². The van der Waals surface area contributed by atoms with Gasteiger partial charge in [-0.05, 0) is 12.8 Å². The molecule has 0 aromatic heterocycles. The van der Waals surface area contributed by atoms with Crippen LogP contribution in [0.25, 0.3) is 0 Å². The summed E-state index contributed by atoms with van der Waals surface area (Å²) in [5.74, 6) is 0.739. The van der Waals surface area contributed by atoms with Crippen molar-refractivity contribution in [3.05, 3.63) is 0 Å². The SMILES string of the molecule is CS[N+](C)(C)C(=O)C1CCCCC1.O=CNCCO. The highest BCUT2D eigenvalue weighted by molar-refractivity contribution is 7.93. The molecule has 112 valence electrons. The number of amides is 2. The second-order valence-corrected chi connectivity index (χ2v) is 6.28. The van der Waals surface area contributed by atoms with Gasteiger partial charge in [-0.25, -0.2) is 8.68 Å². The normalized spacial score (nSPS) is 16.2. The standard InChI is InChI=1S/C10H20NOS.C3H7NO2/c1-11(2,13-3)10(12)9-7-5-4-6-8-9;5-2-1-4-3-6/h9H,4-8H2,1-3H3;3,5H,1-2H2,(H,4,6)/q+1;. The van der Waals surface area contributed by atoms with Crippen molar-refractivity contribution in [1.29, 1.82) is 0 Å². The molecule has 19 heavy (non-hydrogen) atoms. The van der Waals surface area contributed by atoms with Gasteiger partial charge in [0.2, 0.25) is 6.41 Å². The maximum Gasteiger partial charge on any atom is 0.327 e. The first-order valence-corrected chi connectivity index (χ1v) is 7.89. The summed E-state index contributed by atoms with van der Waals surface area (Å²) >= 11 is 1.62. The summed E-state index contributed by atoms with van der Waals surface area (Å²) in [5.41, 5.74) is 0. The van der Waals surface area contributed by atoms with Crippen molar-refractivity contribution in [3.8, 4) is 0 Å². The molecule has 2 amide bonds. The molecule has 0 aromatic rings. The van der Waals surface area contributed by atoms with Gasteiger partial charge >= 0.3 is 5.91 Å². The van der Waals surface area contributed by atoms with Gasteiger partial charge in [0.1, 0.15) is 0 Å². The van der Waals surface area contributed by atoms with Crippen molar-refractivity contribution in [2.75, 3.05) is 33.5 Å². The van der Waals surface area contributed by atoms with E-state index < -0.39 is 0 Å². The molecule has 2 N–H and O–H groups in total. The Labute approximate surface area is 120 Å². The zero-order valence-corrected chi connectivity index (χ0v) is 13.0. The summed E-state index contributed by atoms with van der Waals surface area (Å²) in [6.07, 6.45) is 8.57. The number of carbonyl (C=O) groups excluding carboxylic acids is 2. The van der Waals surface area contributed by atoms with Gasteiger partial charge in [-0.2, -0.15) is 0 Å². The average Bonchev–Trinajstić information content (AvgIpc) is 2.45. The van der Waals surface area contributed by atoms with Crippen molar-refractivity contribution in [3.63, 3.8) is 0 Å². The van der Waals surface area contributed by atoms with Crippen molar-refractivity contribution < 1.29 is 18.6 Å². The van der Waals surface area contributed by atoms with Crippen molar-refractivity contribution in [2.45, 2.75) is 32.1 Å². The number of rotatable bonds is 5. The first-order chi connectivity index (χ1) is 8.99. The average molecular weight is 291 g/mol. The minimum atomic E-state index is 0.0126. The maximum atomic E-state index is 12.0. The molecule has 1 saturated carbocycles. The van der Waals surface area contributed by atoms with Crippen LogP contribution >= 0.6 is 11.9 Å². The van der Waals surface area contributed by atoms with E-state index in [-0.39, 0.29) is 6.61 Å². The number of carbonyl (C=O) groups is 2. The monoisotopic (exact) mass is 291 g/mol. The van der Waals surface area contributed by atoms with Gasteiger partial charge in [-0.1, -0.05) is 19.3 Å². The number of hydrogen-bond donors (Lipinski definition) is 2. The van der Waals surface area contributed by atoms with Gasteiger partial charge in [0.25, 0.3) is 0 Å². The summed E-state index contributed by atoms with van der Waals surface area (Å²) in [7, 11) is 3.98. The Morgan fingerprint density at radius 3 is 2.32 bits per heavy atom. The lowest BCUT2D eigenvalue weighted by molar-refractivity contribution is -0.670. The molecule has 1 fully saturated rings. The molecule has 5 nitrogen and oxygen atoms in total. The third-order valence-electron chi connectivity index (χ3n) is 3.28. The van der Waals surface area contributed by atoms with Crippen LogP contribution in [0.15, 0.2) is 0 Å². The van der Waals surface area contributed by atoms with Crippen LogP contribution in [0.4, 0.5) is 0 Å². The van der Waals surface area contributed by atoms with Crippen LogP contribution in [0.1, 0.15) is 32.1 Å². The Morgan fingerprint density at radius 1 is 1.37 bits per heavy atom. The van der Waals surface area contributed by atoms with Crippen LogP contribution in [0.5, 0.6) is 0 Å². The lowest BCUT2D eigenvalue weighted by Gasteiger charge is -2.28. The second kappa shape index (κ2) is 10.2. The van der Waals surface area contributed by atoms with Gasteiger partial charge in [-0.3, -0.25) is 4.79 Å². The first-order valence-electron chi connectivity index (χ1n) is 6.71. The molecule has 1 aliphatic rings. The first kappa shape index (κ1) is 18.4. The Kier molecular flexibility index (Phi) is 9.91. The molecule has 1 aliphatic carbocycles. The largest absolute Gasteiger partial charge is 0.395 e. The Bertz CT molecular complexity index is 267. The molecule has 0 saturated heterocycles. The van der Waals surface area contributed by atoms with Crippen molar-refractivity contribution in [1.82, 2.24) is 5.32 Å². The molecule has 0 bridgehead atoms. The minimum absolute atomic E-state index is 0.0126. The Balaban J connectivity index is 0.000000459. The molecular formula is C13H27N2O3S+. The molecule has 0 radical (unpaired) electrons. The van der Waals surface area contributed by atoms with E-state index in [0.29, 0.717) is 28.7 Å². The molecule has 0 spiro atoms. The quantitative estimate of drug-likeness (QED) is 0.345. The Hall–Kier alpha value is -0.590. The van der Waals surface area contributed by atoms with E-state index in [0.717, 1.165) is 12.8 Å². The third kappa shape index (κ3) is 7.54. The fourth-order valence-corrected chi connectivity index (χ4v) is 2.33. The number of nitrogens with zero attached hydrogens (tertiary/aromatic N) is 1. The molecule has 0 atom stereocenters. The van der Waals surface area contributed by atoms with Crippen LogP contribution in [0.2, 0.25) is 0 Å². The van der Waals surface area contributed by atoms with E-state index in [4.69, 9.17) is 5.11 Å². The summed E-state index contributed by atoms with van der Waals surface area (Å²) in [4.78, 5) is 21.3. The van der Waals surface area contributed by atoms with Crippen LogP contribution in [0, 0.1) is 5.92 Å². The lowest BCUT2D eigenvalue weighted by atomic mass is 9.88. The zero-order chi connectivity index (χ0) is 14.7. The number of nitrogens with one attached hydrogen (secondary N) is 1. The predicted octanol–water partition coefficient (Wildman–Crippen LogP) is 1.17. The number of hydrogen-bond acceptors (Lipinski definition) is 4. The van der Waals surface area contributed by atoms with Gasteiger partial charge < -0.3 is 10.4 Å². The minimum Gasteiger partial charge on any atom is -0.395 e. The highest BCUT2D eigenvalue weighted by atomic mass is 32.2. The van der Waals surface area contributed by atoms with Crippen LogP contribution in [0.3, 0.4) is 0 Å². The Morgan fingerprint density at radius 2 is 1.95 bits per heavy atom. The van der Waals surface area contributed by atoms with E-state index >= 15 is 0 Å². The predicted molar refractivity (Wildman–Crippen MR) is 78.4 cm³/mol. The van der Waals surface area contributed by atoms with Crippen molar-refractivity contribution in [2.24, 2.45) is 5.92 Å². The molecule has 0 unspecified atom stereocenters. The molecule has 0 heterocycles. The summed E-state index contributed by atoms with van der Waals surface area (Å²) in [6, 6.07) is 0. The summed E-state index contributed by atoms with van der Waals surface area (Å²) in [6.45, 7) is 0.363. The van der Waals surface area contributed by atoms with Gasteiger partial charge in [-0.15, -0.1) is 0 Å². The van der Waals surface area contributed by atoms with Gasteiger partial charge in [0.05, 0.1) is 38.6 Å². The van der Waals surface area contributed by atoms with Crippen molar-refractivity contribution >= 4 is 24.3 Å². The molecule has 0 aliphatic heterocycles. The second-order valence-electron chi connectivity index (χ2n) is 5.00. The lowest BCUT2D eigenvalue weighted by Crippen LogP contribution is -2.43. The number of aliphatic hydroxyl groups excluding tert-OH is 1. The topological polar surface area (TPSA) is 66.4 Å². The highest BCUT2D eigenvalue weighted by Gasteiger charge is 2.34. The van der Waals surface area contributed by atoms with E-state index in [2.05, 4.69) is 5.32 Å². The van der Waals surface area contributed by atoms with Crippen LogP contribution in [-0.4, -0.2) is 54.8 Å².